The van der Waals surface area contributed by atoms with Gasteiger partial charge in [-0.05, 0) is 17.7 Å². The molecular weight excluding hydrogens is 249 g/mol. The zero-order valence-corrected chi connectivity index (χ0v) is 10.7. The standard InChI is InChI=1S/C13H18FN3O2/c14-12-3-1-11(2-4-12)10-19-16-13(15)9-17-5-7-18-8-6-17/h1-4H,5-10H2,(H2,15,16). The van der Waals surface area contributed by atoms with E-state index in [2.05, 4.69) is 10.1 Å². The van der Waals surface area contributed by atoms with E-state index in [1.807, 2.05) is 0 Å². The Morgan fingerprint density at radius 1 is 1.32 bits per heavy atom. The van der Waals surface area contributed by atoms with Gasteiger partial charge in [-0.25, -0.2) is 4.39 Å². The molecule has 2 rings (SSSR count). The maximum Gasteiger partial charge on any atom is 0.153 e. The van der Waals surface area contributed by atoms with Crippen LogP contribution in [0.3, 0.4) is 0 Å². The molecule has 0 amide bonds. The molecular formula is C13H18FN3O2. The predicted octanol–water partition coefficient (Wildman–Crippen LogP) is 0.947. The van der Waals surface area contributed by atoms with E-state index < -0.39 is 0 Å². The Bertz CT molecular complexity index is 416. The van der Waals surface area contributed by atoms with Crippen LogP contribution < -0.4 is 5.73 Å². The molecule has 1 heterocycles. The molecule has 1 fully saturated rings. The summed E-state index contributed by atoms with van der Waals surface area (Å²) in [6, 6.07) is 6.09. The lowest BCUT2D eigenvalue weighted by molar-refractivity contribution is 0.0443. The lowest BCUT2D eigenvalue weighted by Crippen LogP contribution is -2.41. The number of morpholine rings is 1. The number of rotatable bonds is 5. The molecule has 104 valence electrons. The third kappa shape index (κ3) is 4.84. The molecule has 1 saturated heterocycles. The quantitative estimate of drug-likeness (QED) is 0.490. The van der Waals surface area contributed by atoms with E-state index in [1.54, 1.807) is 12.1 Å². The molecule has 0 spiro atoms. The Balaban J connectivity index is 1.73. The average Bonchev–Trinajstić information content (AvgIpc) is 2.42. The highest BCUT2D eigenvalue weighted by Gasteiger charge is 2.11. The number of nitrogens with two attached hydrogens (primary N) is 1. The van der Waals surface area contributed by atoms with Gasteiger partial charge in [0.25, 0.3) is 0 Å². The second-order valence-electron chi connectivity index (χ2n) is 4.37. The molecule has 0 bridgehead atoms. The van der Waals surface area contributed by atoms with Gasteiger partial charge in [0.1, 0.15) is 12.4 Å². The van der Waals surface area contributed by atoms with Crippen molar-refractivity contribution in [2.24, 2.45) is 10.9 Å². The largest absolute Gasteiger partial charge is 0.389 e. The van der Waals surface area contributed by atoms with Crippen molar-refractivity contribution in [1.29, 1.82) is 0 Å². The van der Waals surface area contributed by atoms with Crippen LogP contribution in [0.15, 0.2) is 29.4 Å². The highest BCUT2D eigenvalue weighted by atomic mass is 19.1. The van der Waals surface area contributed by atoms with Crippen molar-refractivity contribution in [1.82, 2.24) is 4.90 Å². The van der Waals surface area contributed by atoms with Crippen LogP contribution in [0, 0.1) is 5.82 Å². The summed E-state index contributed by atoms with van der Waals surface area (Å²) in [6.45, 7) is 4.02. The number of hydrogen-bond donors (Lipinski definition) is 1. The Morgan fingerprint density at radius 2 is 2.00 bits per heavy atom. The van der Waals surface area contributed by atoms with Crippen LogP contribution >= 0.6 is 0 Å². The summed E-state index contributed by atoms with van der Waals surface area (Å²) in [5.74, 6) is 0.170. The third-order valence-corrected chi connectivity index (χ3v) is 2.82. The summed E-state index contributed by atoms with van der Waals surface area (Å²) in [5, 5.41) is 3.85. The third-order valence-electron chi connectivity index (χ3n) is 2.82. The summed E-state index contributed by atoms with van der Waals surface area (Å²) in [5.41, 5.74) is 6.63. The lowest BCUT2D eigenvalue weighted by Gasteiger charge is -2.25. The van der Waals surface area contributed by atoms with Gasteiger partial charge in [0.15, 0.2) is 5.84 Å². The molecule has 19 heavy (non-hydrogen) atoms. The minimum Gasteiger partial charge on any atom is -0.389 e. The normalized spacial score (nSPS) is 17.4. The van der Waals surface area contributed by atoms with Gasteiger partial charge in [-0.1, -0.05) is 17.3 Å². The summed E-state index contributed by atoms with van der Waals surface area (Å²) in [6.07, 6.45) is 0. The number of oxime groups is 1. The fraction of sp³-hybridized carbons (Fsp3) is 0.462. The Labute approximate surface area is 111 Å². The Hall–Kier alpha value is -1.66. The molecule has 5 nitrogen and oxygen atoms in total. The predicted molar refractivity (Wildman–Crippen MR) is 70.1 cm³/mol. The van der Waals surface area contributed by atoms with Gasteiger partial charge in [-0.2, -0.15) is 0 Å². The molecule has 0 aliphatic carbocycles. The molecule has 0 radical (unpaired) electrons. The van der Waals surface area contributed by atoms with Crippen molar-refractivity contribution in [3.63, 3.8) is 0 Å². The highest BCUT2D eigenvalue weighted by molar-refractivity contribution is 5.81. The van der Waals surface area contributed by atoms with Crippen LogP contribution in [0.2, 0.25) is 0 Å². The average molecular weight is 267 g/mol. The van der Waals surface area contributed by atoms with Crippen LogP contribution in [0.25, 0.3) is 0 Å². The lowest BCUT2D eigenvalue weighted by atomic mass is 10.2. The molecule has 1 aliphatic heterocycles. The van der Waals surface area contributed by atoms with Crippen LogP contribution in [-0.2, 0) is 16.2 Å². The number of benzene rings is 1. The molecule has 0 saturated carbocycles. The number of halogens is 1. The number of hydrogen-bond acceptors (Lipinski definition) is 4. The minimum atomic E-state index is -0.265. The topological polar surface area (TPSA) is 60.1 Å². The van der Waals surface area contributed by atoms with Gasteiger partial charge in [-0.3, -0.25) is 4.90 Å². The SMILES string of the molecule is NC(CN1CCOCC1)=NOCc1ccc(F)cc1. The second-order valence-corrected chi connectivity index (χ2v) is 4.37. The fourth-order valence-corrected chi connectivity index (χ4v) is 1.79. The van der Waals surface area contributed by atoms with Crippen molar-refractivity contribution < 1.29 is 14.0 Å². The molecule has 1 aliphatic rings. The summed E-state index contributed by atoms with van der Waals surface area (Å²) in [7, 11) is 0. The van der Waals surface area contributed by atoms with Crippen molar-refractivity contribution in [2.75, 3.05) is 32.8 Å². The van der Waals surface area contributed by atoms with Crippen LogP contribution in [0.1, 0.15) is 5.56 Å². The van der Waals surface area contributed by atoms with Gasteiger partial charge >= 0.3 is 0 Å². The molecule has 6 heteroatoms. The minimum absolute atomic E-state index is 0.265. The van der Waals surface area contributed by atoms with E-state index >= 15 is 0 Å². The van der Waals surface area contributed by atoms with Gasteiger partial charge < -0.3 is 15.3 Å². The smallest absolute Gasteiger partial charge is 0.153 e. The zero-order chi connectivity index (χ0) is 13.5. The zero-order valence-electron chi connectivity index (χ0n) is 10.7. The maximum atomic E-state index is 12.7. The molecule has 1 aromatic carbocycles. The molecule has 1 aromatic rings. The number of amidine groups is 1. The van der Waals surface area contributed by atoms with Crippen molar-refractivity contribution in [3.05, 3.63) is 35.6 Å². The van der Waals surface area contributed by atoms with Crippen LogP contribution in [0.4, 0.5) is 4.39 Å². The van der Waals surface area contributed by atoms with Crippen molar-refractivity contribution in [2.45, 2.75) is 6.61 Å². The van der Waals surface area contributed by atoms with Gasteiger partial charge in [0.2, 0.25) is 0 Å². The van der Waals surface area contributed by atoms with E-state index in [0.29, 0.717) is 12.4 Å². The monoisotopic (exact) mass is 267 g/mol. The maximum absolute atomic E-state index is 12.7. The first-order valence-corrected chi connectivity index (χ1v) is 6.23. The first-order chi connectivity index (χ1) is 9.24. The molecule has 0 unspecified atom stereocenters. The Morgan fingerprint density at radius 3 is 2.68 bits per heavy atom. The molecule has 0 aromatic heterocycles. The van der Waals surface area contributed by atoms with E-state index in [0.717, 1.165) is 31.9 Å². The van der Waals surface area contributed by atoms with Crippen LogP contribution in [-0.4, -0.2) is 43.6 Å². The number of ether oxygens (including phenoxy) is 1. The van der Waals surface area contributed by atoms with Crippen LogP contribution in [0.5, 0.6) is 0 Å². The van der Waals surface area contributed by atoms with Crippen molar-refractivity contribution in [3.8, 4) is 0 Å². The Kier molecular flexibility index (Phi) is 5.11. The van der Waals surface area contributed by atoms with Crippen molar-refractivity contribution >= 4 is 5.84 Å². The van der Waals surface area contributed by atoms with E-state index in [9.17, 15) is 4.39 Å². The van der Waals surface area contributed by atoms with Gasteiger partial charge in [-0.15, -0.1) is 0 Å². The molecule has 0 atom stereocenters. The highest BCUT2D eigenvalue weighted by Crippen LogP contribution is 2.04. The summed E-state index contributed by atoms with van der Waals surface area (Å²) >= 11 is 0. The first-order valence-electron chi connectivity index (χ1n) is 6.23. The number of nitrogens with zero attached hydrogens (tertiary/aromatic N) is 2. The van der Waals surface area contributed by atoms with E-state index in [-0.39, 0.29) is 12.4 Å². The summed E-state index contributed by atoms with van der Waals surface area (Å²) < 4.78 is 17.9. The van der Waals surface area contributed by atoms with E-state index in [1.165, 1.54) is 12.1 Å². The second kappa shape index (κ2) is 7.06. The fourth-order valence-electron chi connectivity index (χ4n) is 1.79. The van der Waals surface area contributed by atoms with Gasteiger partial charge in [0, 0.05) is 13.1 Å². The van der Waals surface area contributed by atoms with E-state index in [4.69, 9.17) is 15.3 Å². The van der Waals surface area contributed by atoms with Gasteiger partial charge in [0.05, 0.1) is 19.8 Å². The summed E-state index contributed by atoms with van der Waals surface area (Å²) in [4.78, 5) is 7.30. The molecule has 2 N–H and O–H groups in total. The first kappa shape index (κ1) is 13.8.